The van der Waals surface area contributed by atoms with E-state index in [2.05, 4.69) is 9.88 Å². The summed E-state index contributed by atoms with van der Waals surface area (Å²) in [4.78, 5) is 6.51. The number of pyridine rings is 1. The molecule has 0 fully saturated rings. The van der Waals surface area contributed by atoms with Crippen LogP contribution in [0.5, 0.6) is 0 Å². The lowest BCUT2D eigenvalue weighted by Crippen LogP contribution is -2.20. The Bertz CT molecular complexity index is 611. The van der Waals surface area contributed by atoms with Crippen molar-refractivity contribution in [2.45, 2.75) is 27.3 Å². The molecule has 0 aliphatic heterocycles. The topological polar surface area (TPSA) is 42.2 Å². The molecule has 0 aliphatic rings. The van der Waals surface area contributed by atoms with E-state index in [-0.39, 0.29) is 5.82 Å². The molecule has 4 heteroatoms. The molecular formula is C16H20FN3. The fraction of sp³-hybridized carbons (Fsp3) is 0.312. The van der Waals surface area contributed by atoms with E-state index in [1.54, 1.807) is 6.07 Å². The fourth-order valence-corrected chi connectivity index (χ4v) is 2.46. The molecule has 0 radical (unpaired) electrons. The van der Waals surface area contributed by atoms with E-state index in [0.29, 0.717) is 6.54 Å². The zero-order valence-corrected chi connectivity index (χ0v) is 12.2. The first kappa shape index (κ1) is 14.5. The Morgan fingerprint density at radius 1 is 1.25 bits per heavy atom. The Hall–Kier alpha value is -1.94. The van der Waals surface area contributed by atoms with Crippen molar-refractivity contribution in [2.24, 2.45) is 5.73 Å². The molecule has 1 heterocycles. The molecule has 0 saturated heterocycles. The third-order valence-corrected chi connectivity index (χ3v) is 3.37. The number of nitrogens with two attached hydrogens (primary N) is 1. The molecule has 1 aromatic carbocycles. The van der Waals surface area contributed by atoms with Crippen LogP contribution in [0.1, 0.15) is 23.9 Å². The maximum absolute atomic E-state index is 13.5. The summed E-state index contributed by atoms with van der Waals surface area (Å²) in [6, 6.07) is 8.61. The minimum absolute atomic E-state index is 0.238. The molecule has 20 heavy (non-hydrogen) atoms. The van der Waals surface area contributed by atoms with Crippen molar-refractivity contribution >= 4 is 11.4 Å². The summed E-state index contributed by atoms with van der Waals surface area (Å²) in [5, 5.41) is 0. The van der Waals surface area contributed by atoms with Crippen molar-refractivity contribution in [3.05, 3.63) is 53.1 Å². The first-order chi connectivity index (χ1) is 9.56. The number of anilines is 2. The van der Waals surface area contributed by atoms with Gasteiger partial charge in [0.1, 0.15) is 5.82 Å². The van der Waals surface area contributed by atoms with E-state index in [4.69, 9.17) is 5.73 Å². The van der Waals surface area contributed by atoms with Gasteiger partial charge in [-0.25, -0.2) is 4.39 Å². The lowest BCUT2D eigenvalue weighted by molar-refractivity contribution is 0.627. The Morgan fingerprint density at radius 3 is 2.60 bits per heavy atom. The fourth-order valence-electron chi connectivity index (χ4n) is 2.46. The van der Waals surface area contributed by atoms with Crippen LogP contribution in [0.2, 0.25) is 0 Å². The highest BCUT2D eigenvalue weighted by Crippen LogP contribution is 2.30. The summed E-state index contributed by atoms with van der Waals surface area (Å²) < 4.78 is 13.5. The highest BCUT2D eigenvalue weighted by Gasteiger charge is 2.15. The smallest absolute Gasteiger partial charge is 0.125 e. The summed E-state index contributed by atoms with van der Waals surface area (Å²) in [5.74, 6) is -0.238. The van der Waals surface area contributed by atoms with Crippen LogP contribution in [0.15, 0.2) is 30.3 Å². The standard InChI is InChI=1S/C16H20FN3/c1-4-20(14-7-5-6-13(17)9-14)16-8-11(2)19-12(3)15(16)10-18/h5-9H,4,10,18H2,1-3H3. The molecule has 0 spiro atoms. The van der Waals surface area contributed by atoms with Gasteiger partial charge in [0.25, 0.3) is 0 Å². The monoisotopic (exact) mass is 273 g/mol. The SMILES string of the molecule is CCN(c1cccc(F)c1)c1cc(C)nc(C)c1CN. The van der Waals surface area contributed by atoms with Crippen LogP contribution in [-0.2, 0) is 6.54 Å². The molecule has 0 unspecified atom stereocenters. The van der Waals surface area contributed by atoms with Crippen LogP contribution < -0.4 is 10.6 Å². The van der Waals surface area contributed by atoms with Crippen LogP contribution in [0.4, 0.5) is 15.8 Å². The van der Waals surface area contributed by atoms with Gasteiger partial charge < -0.3 is 10.6 Å². The summed E-state index contributed by atoms with van der Waals surface area (Å²) in [6.07, 6.45) is 0. The van der Waals surface area contributed by atoms with Crippen LogP contribution in [0.3, 0.4) is 0 Å². The van der Waals surface area contributed by atoms with E-state index in [1.165, 1.54) is 12.1 Å². The predicted octanol–water partition coefficient (Wildman–Crippen LogP) is 3.45. The van der Waals surface area contributed by atoms with Crippen molar-refractivity contribution < 1.29 is 4.39 Å². The quantitative estimate of drug-likeness (QED) is 0.927. The van der Waals surface area contributed by atoms with Crippen LogP contribution in [0, 0.1) is 19.7 Å². The summed E-state index contributed by atoms with van der Waals surface area (Å²) in [5.41, 5.74) is 10.6. The molecule has 2 N–H and O–H groups in total. The normalized spacial score (nSPS) is 10.7. The van der Waals surface area contributed by atoms with Crippen molar-refractivity contribution in [3.8, 4) is 0 Å². The predicted molar refractivity (Wildman–Crippen MR) is 80.7 cm³/mol. The first-order valence-corrected chi connectivity index (χ1v) is 6.77. The lowest BCUT2D eigenvalue weighted by Gasteiger charge is -2.26. The summed E-state index contributed by atoms with van der Waals surface area (Å²) in [7, 11) is 0. The first-order valence-electron chi connectivity index (χ1n) is 6.77. The molecular weight excluding hydrogens is 253 g/mol. The maximum atomic E-state index is 13.5. The Kier molecular flexibility index (Phi) is 4.35. The minimum Gasteiger partial charge on any atom is -0.341 e. The van der Waals surface area contributed by atoms with Crippen LogP contribution in [0.25, 0.3) is 0 Å². The Labute approximate surface area is 119 Å². The zero-order valence-electron chi connectivity index (χ0n) is 12.2. The number of aromatic nitrogens is 1. The van der Waals surface area contributed by atoms with Crippen LogP contribution >= 0.6 is 0 Å². The number of benzene rings is 1. The summed E-state index contributed by atoms with van der Waals surface area (Å²) in [6.45, 7) is 7.10. The average molecular weight is 273 g/mol. The Balaban J connectivity index is 2.57. The van der Waals surface area contributed by atoms with Crippen molar-refractivity contribution in [1.29, 1.82) is 0 Å². The van der Waals surface area contributed by atoms with E-state index >= 15 is 0 Å². The van der Waals surface area contributed by atoms with Gasteiger partial charge in [-0.1, -0.05) is 6.07 Å². The van der Waals surface area contributed by atoms with Crippen LogP contribution in [-0.4, -0.2) is 11.5 Å². The molecule has 106 valence electrons. The third kappa shape index (κ3) is 2.80. The molecule has 1 aromatic heterocycles. The second-order valence-corrected chi connectivity index (χ2v) is 4.77. The number of rotatable bonds is 4. The number of aryl methyl sites for hydroxylation is 2. The Morgan fingerprint density at radius 2 is 2.00 bits per heavy atom. The molecule has 2 rings (SSSR count). The van der Waals surface area contributed by atoms with E-state index in [9.17, 15) is 4.39 Å². The number of hydrogen-bond acceptors (Lipinski definition) is 3. The maximum Gasteiger partial charge on any atom is 0.125 e. The average Bonchev–Trinajstić information content (AvgIpc) is 2.39. The molecule has 0 bridgehead atoms. The lowest BCUT2D eigenvalue weighted by atomic mass is 10.1. The van der Waals surface area contributed by atoms with Crippen molar-refractivity contribution in [3.63, 3.8) is 0 Å². The second kappa shape index (κ2) is 6.01. The molecule has 0 atom stereocenters. The molecule has 3 nitrogen and oxygen atoms in total. The van der Waals surface area contributed by atoms with Crippen molar-refractivity contribution in [1.82, 2.24) is 4.98 Å². The van der Waals surface area contributed by atoms with Gasteiger partial charge in [-0.2, -0.15) is 0 Å². The highest BCUT2D eigenvalue weighted by molar-refractivity contribution is 5.67. The van der Waals surface area contributed by atoms with Gasteiger partial charge in [-0.15, -0.1) is 0 Å². The van der Waals surface area contributed by atoms with E-state index in [1.807, 2.05) is 32.9 Å². The minimum atomic E-state index is -0.238. The van der Waals surface area contributed by atoms with Gasteiger partial charge in [-0.3, -0.25) is 4.98 Å². The highest BCUT2D eigenvalue weighted by atomic mass is 19.1. The largest absolute Gasteiger partial charge is 0.341 e. The summed E-state index contributed by atoms with van der Waals surface area (Å²) >= 11 is 0. The van der Waals surface area contributed by atoms with E-state index < -0.39 is 0 Å². The number of nitrogens with zero attached hydrogens (tertiary/aromatic N) is 2. The van der Waals surface area contributed by atoms with Crippen molar-refractivity contribution in [2.75, 3.05) is 11.4 Å². The molecule has 0 aliphatic carbocycles. The van der Waals surface area contributed by atoms with Gasteiger partial charge in [0.2, 0.25) is 0 Å². The van der Waals surface area contributed by atoms with Gasteiger partial charge in [-0.05, 0) is 45.0 Å². The third-order valence-electron chi connectivity index (χ3n) is 3.37. The van der Waals surface area contributed by atoms with Gasteiger partial charge in [0.15, 0.2) is 0 Å². The molecule has 2 aromatic rings. The zero-order chi connectivity index (χ0) is 14.7. The molecule has 0 saturated carbocycles. The molecule has 0 amide bonds. The van der Waals surface area contributed by atoms with Gasteiger partial charge in [0.05, 0.1) is 0 Å². The second-order valence-electron chi connectivity index (χ2n) is 4.77. The number of halogens is 1. The van der Waals surface area contributed by atoms with Gasteiger partial charge in [0, 0.05) is 41.4 Å². The van der Waals surface area contributed by atoms with E-state index in [0.717, 1.165) is 34.9 Å². The van der Waals surface area contributed by atoms with Gasteiger partial charge >= 0.3 is 0 Å². The number of hydrogen-bond donors (Lipinski definition) is 1.